The van der Waals surface area contributed by atoms with Crippen molar-refractivity contribution in [3.8, 4) is 0 Å². The Morgan fingerprint density at radius 1 is 0.309 bits per heavy atom. The van der Waals surface area contributed by atoms with Crippen LogP contribution in [0.2, 0.25) is 0 Å². The Hall–Kier alpha value is -3.67. The van der Waals surface area contributed by atoms with E-state index in [1.807, 2.05) is 0 Å². The van der Waals surface area contributed by atoms with Crippen molar-refractivity contribution >= 4 is 17.9 Å². The highest BCUT2D eigenvalue weighted by Gasteiger charge is 2.19. The second kappa shape index (κ2) is 55.9. The van der Waals surface area contributed by atoms with Gasteiger partial charge in [-0.05, 0) is 96.3 Å². The fraction of sp³-hybridized carbons (Fsp3) is 0.694. The number of hydrogen-bond donors (Lipinski definition) is 0. The number of ether oxygens (including phenoxy) is 3. The molecular formula is C62H104O6. The van der Waals surface area contributed by atoms with Crippen molar-refractivity contribution in [2.75, 3.05) is 13.2 Å². The third kappa shape index (κ3) is 53.3. The largest absolute Gasteiger partial charge is 0.462 e. The van der Waals surface area contributed by atoms with Crippen LogP contribution in [0.1, 0.15) is 258 Å². The average molecular weight is 946 g/mol. The van der Waals surface area contributed by atoms with Gasteiger partial charge in [-0.1, -0.05) is 240 Å². The van der Waals surface area contributed by atoms with Crippen molar-refractivity contribution < 1.29 is 28.6 Å². The van der Waals surface area contributed by atoms with Crippen LogP contribution in [0.15, 0.2) is 97.2 Å². The Balaban J connectivity index is 4.36. The first-order valence-corrected chi connectivity index (χ1v) is 28.2. The molecule has 388 valence electrons. The first kappa shape index (κ1) is 64.3. The second-order valence-electron chi connectivity index (χ2n) is 18.5. The summed E-state index contributed by atoms with van der Waals surface area (Å²) in [4.78, 5) is 38.0. The van der Waals surface area contributed by atoms with Crippen molar-refractivity contribution in [3.05, 3.63) is 97.2 Å². The van der Waals surface area contributed by atoms with Crippen molar-refractivity contribution in [2.45, 2.75) is 264 Å². The summed E-state index contributed by atoms with van der Waals surface area (Å²) in [5, 5.41) is 0. The Labute approximate surface area is 419 Å². The molecule has 0 rings (SSSR count). The van der Waals surface area contributed by atoms with Gasteiger partial charge < -0.3 is 14.2 Å². The zero-order valence-corrected chi connectivity index (χ0v) is 44.3. The molecule has 0 saturated carbocycles. The maximum atomic E-state index is 12.8. The molecule has 6 nitrogen and oxygen atoms in total. The van der Waals surface area contributed by atoms with Gasteiger partial charge in [0.15, 0.2) is 6.10 Å². The van der Waals surface area contributed by atoms with Crippen LogP contribution in [-0.4, -0.2) is 37.2 Å². The number of unbranched alkanes of at least 4 members (excludes halogenated alkanes) is 23. The predicted molar refractivity (Wildman–Crippen MR) is 293 cm³/mol. The van der Waals surface area contributed by atoms with Gasteiger partial charge in [-0.3, -0.25) is 14.4 Å². The van der Waals surface area contributed by atoms with Gasteiger partial charge in [0, 0.05) is 19.3 Å². The third-order valence-corrected chi connectivity index (χ3v) is 11.8. The van der Waals surface area contributed by atoms with Crippen LogP contribution in [-0.2, 0) is 28.6 Å². The number of carbonyl (C=O) groups is 3. The minimum Gasteiger partial charge on any atom is -0.462 e. The molecule has 0 N–H and O–H groups in total. The van der Waals surface area contributed by atoms with E-state index >= 15 is 0 Å². The molecule has 0 radical (unpaired) electrons. The van der Waals surface area contributed by atoms with Gasteiger partial charge >= 0.3 is 17.9 Å². The van der Waals surface area contributed by atoms with E-state index < -0.39 is 6.10 Å². The molecule has 0 aromatic carbocycles. The lowest BCUT2D eigenvalue weighted by atomic mass is 10.0. The molecule has 0 aliphatic carbocycles. The van der Waals surface area contributed by atoms with Crippen LogP contribution < -0.4 is 0 Å². The van der Waals surface area contributed by atoms with Gasteiger partial charge in [0.2, 0.25) is 0 Å². The van der Waals surface area contributed by atoms with Gasteiger partial charge in [0.05, 0.1) is 0 Å². The van der Waals surface area contributed by atoms with Gasteiger partial charge in [0.1, 0.15) is 13.2 Å². The Morgan fingerprint density at radius 3 is 0.985 bits per heavy atom. The molecule has 0 aromatic rings. The monoisotopic (exact) mass is 945 g/mol. The lowest BCUT2D eigenvalue weighted by Gasteiger charge is -2.18. The molecule has 0 bridgehead atoms. The molecular weight excluding hydrogens is 841 g/mol. The van der Waals surface area contributed by atoms with Crippen LogP contribution in [0.3, 0.4) is 0 Å². The maximum Gasteiger partial charge on any atom is 0.306 e. The smallest absolute Gasteiger partial charge is 0.306 e. The SMILES string of the molecule is CC/C=C\C/C=C\C/C=C\C/C=C\C/C=C\C/C=C\C/C=C\CCCCCC(=O)OCC(COC(=O)CCCCCCC/C=C\CCC)OC(=O)CCCCCCCCCCCCCCCCC. The highest BCUT2D eigenvalue weighted by molar-refractivity contribution is 5.71. The quantitative estimate of drug-likeness (QED) is 0.0262. The Kier molecular flexibility index (Phi) is 52.9. The number of hydrogen-bond acceptors (Lipinski definition) is 6. The molecule has 0 amide bonds. The summed E-state index contributed by atoms with van der Waals surface area (Å²) in [5.41, 5.74) is 0. The average Bonchev–Trinajstić information content (AvgIpc) is 3.34. The van der Waals surface area contributed by atoms with Crippen LogP contribution >= 0.6 is 0 Å². The summed E-state index contributed by atoms with van der Waals surface area (Å²) in [5.74, 6) is -0.933. The molecule has 0 saturated heterocycles. The molecule has 0 fully saturated rings. The summed E-state index contributed by atoms with van der Waals surface area (Å²) >= 11 is 0. The van der Waals surface area contributed by atoms with Gasteiger partial charge in [-0.2, -0.15) is 0 Å². The standard InChI is InChI=1S/C62H104O6/c1-4-7-10-13-16-19-22-24-26-27-28-29-30-31-32-33-34-35-37-38-40-43-46-49-52-55-61(64)67-58-59(57-66-60(63)54-51-48-45-42-21-18-15-12-9-6-3)68-62(65)56-53-50-47-44-41-39-36-25-23-20-17-14-11-8-5-2/h7,10,12,15-16,19,24,26,28-29,31-32,34-35,38,40,59H,4-6,8-9,11,13-14,17-18,20-23,25,27,30,33,36-37,39,41-58H2,1-3H3/b10-7-,15-12-,19-16-,26-24-,29-28-,32-31-,35-34-,40-38-. The minimum atomic E-state index is -0.793. The van der Waals surface area contributed by atoms with Crippen molar-refractivity contribution in [1.82, 2.24) is 0 Å². The zero-order chi connectivity index (χ0) is 49.3. The first-order chi connectivity index (χ1) is 33.5. The molecule has 68 heavy (non-hydrogen) atoms. The van der Waals surface area contributed by atoms with Crippen LogP contribution in [0.5, 0.6) is 0 Å². The van der Waals surface area contributed by atoms with E-state index in [2.05, 4.69) is 118 Å². The summed E-state index contributed by atoms with van der Waals surface area (Å²) in [6.45, 7) is 6.43. The van der Waals surface area contributed by atoms with E-state index in [0.29, 0.717) is 19.3 Å². The summed E-state index contributed by atoms with van der Waals surface area (Å²) in [6.07, 6.45) is 74.0. The highest BCUT2D eigenvalue weighted by atomic mass is 16.6. The molecule has 0 aliphatic heterocycles. The summed E-state index contributed by atoms with van der Waals surface area (Å²) in [7, 11) is 0. The highest BCUT2D eigenvalue weighted by Crippen LogP contribution is 2.15. The van der Waals surface area contributed by atoms with Crippen molar-refractivity contribution in [3.63, 3.8) is 0 Å². The minimum absolute atomic E-state index is 0.0916. The number of carbonyl (C=O) groups excluding carboxylic acids is 3. The van der Waals surface area contributed by atoms with Crippen LogP contribution in [0.25, 0.3) is 0 Å². The van der Waals surface area contributed by atoms with Gasteiger partial charge in [-0.15, -0.1) is 0 Å². The number of allylic oxidation sites excluding steroid dienone is 16. The third-order valence-electron chi connectivity index (χ3n) is 11.8. The van der Waals surface area contributed by atoms with E-state index in [9.17, 15) is 14.4 Å². The summed E-state index contributed by atoms with van der Waals surface area (Å²) < 4.78 is 16.8. The lowest BCUT2D eigenvalue weighted by molar-refractivity contribution is -0.167. The van der Waals surface area contributed by atoms with E-state index in [1.54, 1.807) is 0 Å². The Bertz CT molecular complexity index is 1360. The fourth-order valence-corrected chi connectivity index (χ4v) is 7.60. The zero-order valence-electron chi connectivity index (χ0n) is 44.3. The molecule has 0 aromatic heterocycles. The second-order valence-corrected chi connectivity index (χ2v) is 18.5. The molecule has 0 heterocycles. The summed E-state index contributed by atoms with van der Waals surface area (Å²) in [6, 6.07) is 0. The van der Waals surface area contributed by atoms with E-state index in [4.69, 9.17) is 14.2 Å². The number of rotatable bonds is 50. The molecule has 0 aliphatic rings. The topological polar surface area (TPSA) is 78.9 Å². The first-order valence-electron chi connectivity index (χ1n) is 28.2. The van der Waals surface area contributed by atoms with E-state index in [-0.39, 0.29) is 31.1 Å². The normalized spacial score (nSPS) is 12.8. The van der Waals surface area contributed by atoms with Crippen molar-refractivity contribution in [2.24, 2.45) is 0 Å². The van der Waals surface area contributed by atoms with E-state index in [1.165, 1.54) is 89.9 Å². The molecule has 1 unspecified atom stereocenters. The lowest BCUT2D eigenvalue weighted by Crippen LogP contribution is -2.30. The molecule has 0 spiro atoms. The van der Waals surface area contributed by atoms with Gasteiger partial charge in [-0.25, -0.2) is 0 Å². The predicted octanol–water partition coefficient (Wildman–Crippen LogP) is 18.9. The maximum absolute atomic E-state index is 12.8. The van der Waals surface area contributed by atoms with Gasteiger partial charge in [0.25, 0.3) is 0 Å². The van der Waals surface area contributed by atoms with Crippen LogP contribution in [0, 0.1) is 0 Å². The fourth-order valence-electron chi connectivity index (χ4n) is 7.60. The van der Waals surface area contributed by atoms with Crippen molar-refractivity contribution in [1.29, 1.82) is 0 Å². The number of esters is 3. The molecule has 6 heteroatoms. The van der Waals surface area contributed by atoms with E-state index in [0.717, 1.165) is 128 Å². The van der Waals surface area contributed by atoms with Crippen LogP contribution in [0.4, 0.5) is 0 Å². The molecule has 1 atom stereocenters. The Morgan fingerprint density at radius 2 is 0.603 bits per heavy atom.